The number of thiazole rings is 1. The molecule has 1 aromatic carbocycles. The summed E-state index contributed by atoms with van der Waals surface area (Å²) < 4.78 is 0.797. The predicted octanol–water partition coefficient (Wildman–Crippen LogP) is 4.78. The Kier molecular flexibility index (Phi) is 3.52. The zero-order valence-electron chi connectivity index (χ0n) is 12.2. The summed E-state index contributed by atoms with van der Waals surface area (Å²) >= 11 is 7.66. The van der Waals surface area contributed by atoms with Crippen LogP contribution in [0.2, 0.25) is 5.15 Å². The second-order valence-corrected chi connectivity index (χ2v) is 6.28. The van der Waals surface area contributed by atoms with Gasteiger partial charge >= 0.3 is 0 Å². The number of aryl methyl sites for hydroxylation is 1. The Hall–Kier alpha value is -2.37. The number of hydrogen-bond acceptors (Lipinski definition) is 5. The van der Waals surface area contributed by atoms with E-state index in [0.717, 1.165) is 21.5 Å². The van der Waals surface area contributed by atoms with E-state index in [1.165, 1.54) is 11.3 Å². The Bertz CT molecular complexity index is 998. The summed E-state index contributed by atoms with van der Waals surface area (Å²) in [5.41, 5.74) is 6.09. The van der Waals surface area contributed by atoms with Gasteiger partial charge in [-0.25, -0.2) is 19.9 Å². The average molecular weight is 339 g/mol. The lowest BCUT2D eigenvalue weighted by Crippen LogP contribution is -1.96. The first kappa shape index (κ1) is 14.2. The van der Waals surface area contributed by atoms with E-state index in [4.69, 9.17) is 16.6 Å². The molecular formula is C17H11ClN4S. The molecule has 0 aliphatic carbocycles. The highest BCUT2D eigenvalue weighted by molar-refractivity contribution is 7.17. The van der Waals surface area contributed by atoms with Gasteiger partial charge in [-0.1, -0.05) is 48.0 Å². The fourth-order valence-corrected chi connectivity index (χ4v) is 3.29. The van der Waals surface area contributed by atoms with Crippen LogP contribution in [-0.4, -0.2) is 19.9 Å². The van der Waals surface area contributed by atoms with E-state index in [9.17, 15) is 0 Å². The highest BCUT2D eigenvalue weighted by Gasteiger charge is 2.13. The summed E-state index contributed by atoms with van der Waals surface area (Å²) in [4.78, 5) is 17.8. The zero-order chi connectivity index (χ0) is 15.8. The van der Waals surface area contributed by atoms with E-state index in [1.807, 2.05) is 49.4 Å². The van der Waals surface area contributed by atoms with E-state index in [1.54, 1.807) is 5.51 Å². The number of pyridine rings is 1. The van der Waals surface area contributed by atoms with E-state index in [0.29, 0.717) is 22.3 Å². The van der Waals surface area contributed by atoms with E-state index < -0.39 is 0 Å². The van der Waals surface area contributed by atoms with Gasteiger partial charge in [0.25, 0.3) is 0 Å². The zero-order valence-corrected chi connectivity index (χ0v) is 13.8. The van der Waals surface area contributed by atoms with Crippen molar-refractivity contribution in [3.63, 3.8) is 0 Å². The summed E-state index contributed by atoms with van der Waals surface area (Å²) in [5, 5.41) is 0.413. The highest BCUT2D eigenvalue weighted by atomic mass is 35.5. The Labute approximate surface area is 141 Å². The molecule has 0 bridgehead atoms. The smallest absolute Gasteiger partial charge is 0.181 e. The summed E-state index contributed by atoms with van der Waals surface area (Å²) in [5.74, 6) is 0.491. The van der Waals surface area contributed by atoms with Crippen LogP contribution in [0.4, 0.5) is 0 Å². The number of rotatable bonds is 2. The third-order valence-electron chi connectivity index (χ3n) is 3.53. The molecule has 3 aromatic heterocycles. The topological polar surface area (TPSA) is 51.6 Å². The Morgan fingerprint density at radius 3 is 2.61 bits per heavy atom. The minimum atomic E-state index is 0.413. The fraction of sp³-hybridized carbons (Fsp3) is 0.0588. The van der Waals surface area contributed by atoms with Gasteiger partial charge in [0.1, 0.15) is 10.4 Å². The lowest BCUT2D eigenvalue weighted by molar-refractivity contribution is 1.16. The van der Waals surface area contributed by atoms with Crippen molar-refractivity contribution in [3.05, 3.63) is 58.7 Å². The van der Waals surface area contributed by atoms with Crippen LogP contribution in [0.25, 0.3) is 33.1 Å². The van der Waals surface area contributed by atoms with Gasteiger partial charge < -0.3 is 0 Å². The van der Waals surface area contributed by atoms with Crippen LogP contribution in [0.1, 0.15) is 5.56 Å². The first-order valence-corrected chi connectivity index (χ1v) is 8.28. The molecule has 3 heterocycles. The quantitative estimate of drug-likeness (QED) is 0.494. The largest absolute Gasteiger partial charge is 0.244 e. The van der Waals surface area contributed by atoms with Crippen LogP contribution in [-0.2, 0) is 0 Å². The molecule has 0 saturated carbocycles. The van der Waals surface area contributed by atoms with Crippen molar-refractivity contribution in [1.82, 2.24) is 19.9 Å². The first-order chi connectivity index (χ1) is 11.2. The van der Waals surface area contributed by atoms with Gasteiger partial charge in [0, 0.05) is 5.56 Å². The molecule has 112 valence electrons. The van der Waals surface area contributed by atoms with Crippen LogP contribution in [0.3, 0.4) is 0 Å². The highest BCUT2D eigenvalue weighted by Crippen LogP contribution is 2.28. The van der Waals surface area contributed by atoms with Crippen molar-refractivity contribution >= 4 is 33.3 Å². The van der Waals surface area contributed by atoms with Crippen molar-refractivity contribution in [1.29, 1.82) is 0 Å². The van der Waals surface area contributed by atoms with Crippen LogP contribution in [0.15, 0.2) is 48.0 Å². The Morgan fingerprint density at radius 2 is 1.78 bits per heavy atom. The number of halogens is 1. The molecule has 0 unspecified atom stereocenters. The van der Waals surface area contributed by atoms with Gasteiger partial charge in [-0.05, 0) is 18.6 Å². The van der Waals surface area contributed by atoms with Gasteiger partial charge in [0.15, 0.2) is 16.6 Å². The van der Waals surface area contributed by atoms with Crippen LogP contribution in [0, 0.1) is 6.92 Å². The van der Waals surface area contributed by atoms with E-state index in [2.05, 4.69) is 15.0 Å². The molecule has 4 rings (SSSR count). The van der Waals surface area contributed by atoms with Crippen molar-refractivity contribution in [2.75, 3.05) is 0 Å². The van der Waals surface area contributed by atoms with Gasteiger partial charge in [-0.2, -0.15) is 0 Å². The van der Waals surface area contributed by atoms with Crippen LogP contribution < -0.4 is 0 Å². The number of fused-ring (bicyclic) bond motifs is 1. The second-order valence-electron chi connectivity index (χ2n) is 5.07. The van der Waals surface area contributed by atoms with Crippen LogP contribution >= 0.6 is 22.9 Å². The van der Waals surface area contributed by atoms with E-state index in [-0.39, 0.29) is 0 Å². The molecule has 6 heteroatoms. The summed E-state index contributed by atoms with van der Waals surface area (Å²) in [6.07, 6.45) is 0. The number of benzene rings is 1. The van der Waals surface area contributed by atoms with Crippen molar-refractivity contribution in [3.8, 4) is 22.8 Å². The molecule has 4 nitrogen and oxygen atoms in total. The maximum Gasteiger partial charge on any atom is 0.181 e. The minimum Gasteiger partial charge on any atom is -0.244 e. The fourth-order valence-electron chi connectivity index (χ4n) is 2.39. The van der Waals surface area contributed by atoms with Crippen LogP contribution in [0.5, 0.6) is 0 Å². The summed E-state index contributed by atoms with van der Waals surface area (Å²) in [6, 6.07) is 14.0. The summed E-state index contributed by atoms with van der Waals surface area (Å²) in [6.45, 7) is 2.04. The van der Waals surface area contributed by atoms with Gasteiger partial charge in [-0.15, -0.1) is 11.3 Å². The molecule has 4 aromatic rings. The minimum absolute atomic E-state index is 0.413. The monoisotopic (exact) mass is 338 g/mol. The molecule has 0 aliphatic heterocycles. The second kappa shape index (κ2) is 5.68. The normalized spacial score (nSPS) is 11.0. The van der Waals surface area contributed by atoms with Gasteiger partial charge in [0.2, 0.25) is 0 Å². The molecule has 0 radical (unpaired) electrons. The lowest BCUT2D eigenvalue weighted by atomic mass is 10.1. The third-order valence-corrected chi connectivity index (χ3v) is 4.73. The van der Waals surface area contributed by atoms with Gasteiger partial charge in [-0.3, -0.25) is 0 Å². The van der Waals surface area contributed by atoms with Crippen molar-refractivity contribution in [2.45, 2.75) is 6.92 Å². The molecule has 0 aliphatic rings. The summed E-state index contributed by atoms with van der Waals surface area (Å²) in [7, 11) is 0. The number of hydrogen-bond donors (Lipinski definition) is 0. The molecule has 0 amide bonds. The Balaban J connectivity index is 1.88. The standard InChI is InChI=1S/C17H11ClN4S/c1-10-7-8-12(20-13(10)11-5-3-2-4-6-11)16-21-15(18)14-17(22-16)19-9-23-14/h2-9H,1H3. The van der Waals surface area contributed by atoms with Crippen molar-refractivity contribution in [2.24, 2.45) is 0 Å². The average Bonchev–Trinajstić information content (AvgIpc) is 3.05. The molecular weight excluding hydrogens is 328 g/mol. The Morgan fingerprint density at radius 1 is 0.957 bits per heavy atom. The number of aromatic nitrogens is 4. The maximum absolute atomic E-state index is 6.23. The molecule has 0 saturated heterocycles. The molecule has 23 heavy (non-hydrogen) atoms. The molecule has 0 spiro atoms. The van der Waals surface area contributed by atoms with Gasteiger partial charge in [0.05, 0.1) is 11.2 Å². The SMILES string of the molecule is Cc1ccc(-c2nc(Cl)c3scnc3n2)nc1-c1ccccc1. The van der Waals surface area contributed by atoms with E-state index >= 15 is 0 Å². The lowest BCUT2D eigenvalue weighted by Gasteiger charge is -2.08. The first-order valence-electron chi connectivity index (χ1n) is 7.02. The maximum atomic E-state index is 6.23. The molecule has 0 N–H and O–H groups in total. The third kappa shape index (κ3) is 2.58. The predicted molar refractivity (Wildman–Crippen MR) is 93.6 cm³/mol. The molecule has 0 atom stereocenters. The molecule has 0 fully saturated rings. The van der Waals surface area contributed by atoms with Crippen molar-refractivity contribution < 1.29 is 0 Å². The number of nitrogens with zero attached hydrogens (tertiary/aromatic N) is 4.